The second-order valence-electron chi connectivity index (χ2n) is 13.3. The van der Waals surface area contributed by atoms with Gasteiger partial charge in [0.25, 0.3) is 5.91 Å². The molecule has 8 heteroatoms. The van der Waals surface area contributed by atoms with Crippen molar-refractivity contribution in [1.82, 2.24) is 15.3 Å². The second kappa shape index (κ2) is 13.4. The summed E-state index contributed by atoms with van der Waals surface area (Å²) in [6.07, 6.45) is 7.16. The molecule has 1 aromatic heterocycles. The first-order chi connectivity index (χ1) is 22.3. The lowest BCUT2D eigenvalue weighted by molar-refractivity contribution is -0.120. The van der Waals surface area contributed by atoms with E-state index < -0.39 is 5.92 Å². The number of amides is 1. The highest BCUT2D eigenvalue weighted by molar-refractivity contribution is 5.96. The SMILES string of the molecule is Cc1ccc(C(CC=O)C(=O)CNc2cccc(C(=O)NC3CCC4(CC3)CCC4c3nc(N(C)C)c4ccccc4n3)c2)cc1. The van der Waals surface area contributed by atoms with E-state index in [9.17, 15) is 14.4 Å². The molecule has 0 saturated heterocycles. The number of ketones is 1. The maximum Gasteiger partial charge on any atom is 0.251 e. The van der Waals surface area contributed by atoms with Crippen LogP contribution in [0.25, 0.3) is 10.9 Å². The molecule has 1 spiro atoms. The monoisotopic (exact) mass is 617 g/mol. The molecule has 46 heavy (non-hydrogen) atoms. The van der Waals surface area contributed by atoms with Crippen molar-refractivity contribution in [2.45, 2.75) is 69.7 Å². The Morgan fingerprint density at radius 3 is 2.39 bits per heavy atom. The normalized spacial score (nSPS) is 21.3. The summed E-state index contributed by atoms with van der Waals surface area (Å²) in [6, 6.07) is 23.3. The number of benzene rings is 3. The molecule has 0 radical (unpaired) electrons. The van der Waals surface area contributed by atoms with Crippen molar-refractivity contribution in [2.24, 2.45) is 5.41 Å². The molecule has 8 nitrogen and oxygen atoms in total. The van der Waals surface area contributed by atoms with Gasteiger partial charge in [-0.25, -0.2) is 9.97 Å². The highest BCUT2D eigenvalue weighted by atomic mass is 16.2. The molecule has 3 aromatic carbocycles. The van der Waals surface area contributed by atoms with E-state index in [0.29, 0.717) is 17.2 Å². The van der Waals surface area contributed by atoms with Crippen LogP contribution >= 0.6 is 0 Å². The molecule has 2 saturated carbocycles. The third-order valence-electron chi connectivity index (χ3n) is 10.1. The number of aldehydes is 1. The molecule has 2 aliphatic rings. The first kappa shape index (κ1) is 31.4. The number of nitrogens with zero attached hydrogens (tertiary/aromatic N) is 3. The fraction of sp³-hybridized carbons (Fsp3) is 0.395. The highest BCUT2D eigenvalue weighted by Crippen LogP contribution is 2.60. The predicted octanol–water partition coefficient (Wildman–Crippen LogP) is 6.59. The summed E-state index contributed by atoms with van der Waals surface area (Å²) in [5.74, 6) is 1.60. The molecular weight excluding hydrogens is 574 g/mol. The largest absolute Gasteiger partial charge is 0.378 e. The molecule has 2 unspecified atom stereocenters. The number of rotatable bonds is 11. The maximum absolute atomic E-state index is 13.3. The van der Waals surface area contributed by atoms with Crippen molar-refractivity contribution < 1.29 is 14.4 Å². The van der Waals surface area contributed by atoms with Gasteiger partial charge in [-0.05, 0) is 86.8 Å². The fourth-order valence-electron chi connectivity index (χ4n) is 7.31. The van der Waals surface area contributed by atoms with Crippen molar-refractivity contribution in [3.05, 3.63) is 95.3 Å². The van der Waals surface area contributed by atoms with Gasteiger partial charge < -0.3 is 20.3 Å². The van der Waals surface area contributed by atoms with Crippen LogP contribution < -0.4 is 15.5 Å². The summed E-state index contributed by atoms with van der Waals surface area (Å²) in [7, 11) is 4.07. The van der Waals surface area contributed by atoms with Crippen LogP contribution in [-0.4, -0.2) is 54.6 Å². The van der Waals surface area contributed by atoms with E-state index in [2.05, 4.69) is 27.7 Å². The minimum Gasteiger partial charge on any atom is -0.378 e. The number of Topliss-reactive ketones (excluding diaryl/α,β-unsaturated/α-hetero) is 1. The Balaban J connectivity index is 1.05. The van der Waals surface area contributed by atoms with Gasteiger partial charge in [0.15, 0.2) is 5.78 Å². The molecule has 1 heterocycles. The van der Waals surface area contributed by atoms with Crippen LogP contribution in [0.2, 0.25) is 0 Å². The average Bonchev–Trinajstić information content (AvgIpc) is 3.06. The van der Waals surface area contributed by atoms with Gasteiger partial charge in [-0.3, -0.25) is 9.59 Å². The van der Waals surface area contributed by atoms with Crippen molar-refractivity contribution in [1.29, 1.82) is 0 Å². The number of carbonyl (C=O) groups is 3. The highest BCUT2D eigenvalue weighted by Gasteiger charge is 2.50. The van der Waals surface area contributed by atoms with E-state index in [1.165, 1.54) is 6.42 Å². The minimum absolute atomic E-state index is 0.0664. The fourth-order valence-corrected chi connectivity index (χ4v) is 7.31. The molecular formula is C38H43N5O3. The van der Waals surface area contributed by atoms with Crippen LogP contribution in [0.3, 0.4) is 0 Å². The third kappa shape index (κ3) is 6.52. The first-order valence-corrected chi connectivity index (χ1v) is 16.4. The number of fused-ring (bicyclic) bond motifs is 1. The van der Waals surface area contributed by atoms with Crippen LogP contribution in [0.5, 0.6) is 0 Å². The lowest BCUT2D eigenvalue weighted by Gasteiger charge is -2.52. The molecule has 2 N–H and O–H groups in total. The van der Waals surface area contributed by atoms with Gasteiger partial charge in [-0.1, -0.05) is 48.0 Å². The molecule has 0 bridgehead atoms. The van der Waals surface area contributed by atoms with Crippen LogP contribution in [0.1, 0.15) is 84.1 Å². The van der Waals surface area contributed by atoms with Crippen molar-refractivity contribution in [3.8, 4) is 0 Å². The minimum atomic E-state index is -0.496. The number of hydrogen-bond acceptors (Lipinski definition) is 7. The molecule has 2 fully saturated rings. The van der Waals surface area contributed by atoms with Gasteiger partial charge >= 0.3 is 0 Å². The quantitative estimate of drug-likeness (QED) is 0.183. The molecule has 238 valence electrons. The summed E-state index contributed by atoms with van der Waals surface area (Å²) in [4.78, 5) is 49.8. The first-order valence-electron chi connectivity index (χ1n) is 16.4. The Labute approximate surface area is 271 Å². The zero-order chi connectivity index (χ0) is 32.3. The van der Waals surface area contributed by atoms with E-state index in [4.69, 9.17) is 9.97 Å². The standard InChI is InChI=1S/C38H43N5O3/c1-25-11-13-26(14-12-25)30(18-22-44)34(45)24-39-29-8-6-7-27(23-29)37(46)40-28-15-19-38(20-16-28)21-17-32(38)35-41-33-10-5-4-9-31(33)36(42-35)43(2)3/h4-14,22-23,28,30,32,39H,15-21,24H2,1-3H3,(H,40,46). The Bertz CT molecular complexity index is 1730. The summed E-state index contributed by atoms with van der Waals surface area (Å²) in [5, 5.41) is 7.51. The Morgan fingerprint density at radius 2 is 1.70 bits per heavy atom. The number of hydrogen-bond donors (Lipinski definition) is 2. The lowest BCUT2D eigenvalue weighted by Crippen LogP contribution is -2.47. The van der Waals surface area contributed by atoms with E-state index >= 15 is 0 Å². The number of aromatic nitrogens is 2. The van der Waals surface area contributed by atoms with Gasteiger partial charge in [0, 0.05) is 49.1 Å². The van der Waals surface area contributed by atoms with E-state index in [-0.39, 0.29) is 36.1 Å². The van der Waals surface area contributed by atoms with Gasteiger partial charge in [0.1, 0.15) is 17.9 Å². The van der Waals surface area contributed by atoms with Gasteiger partial charge in [0.2, 0.25) is 0 Å². The Kier molecular flexibility index (Phi) is 9.15. The molecule has 2 aliphatic carbocycles. The summed E-state index contributed by atoms with van der Waals surface area (Å²) >= 11 is 0. The van der Waals surface area contributed by atoms with Gasteiger partial charge in [-0.2, -0.15) is 0 Å². The summed E-state index contributed by atoms with van der Waals surface area (Å²) in [5.41, 5.74) is 4.38. The second-order valence-corrected chi connectivity index (χ2v) is 13.3. The molecule has 0 aliphatic heterocycles. The molecule has 2 atom stereocenters. The number of aryl methyl sites for hydroxylation is 1. The van der Waals surface area contributed by atoms with Crippen LogP contribution in [-0.2, 0) is 9.59 Å². The van der Waals surface area contributed by atoms with Crippen molar-refractivity contribution in [3.63, 3.8) is 0 Å². The van der Waals surface area contributed by atoms with E-state index in [1.54, 1.807) is 12.1 Å². The van der Waals surface area contributed by atoms with Gasteiger partial charge in [-0.15, -0.1) is 0 Å². The zero-order valence-electron chi connectivity index (χ0n) is 27.0. The van der Waals surface area contributed by atoms with Crippen LogP contribution in [0.4, 0.5) is 11.5 Å². The van der Waals surface area contributed by atoms with Crippen LogP contribution in [0, 0.1) is 12.3 Å². The van der Waals surface area contributed by atoms with Crippen LogP contribution in [0.15, 0.2) is 72.8 Å². The Hall–Kier alpha value is -4.59. The predicted molar refractivity (Wildman–Crippen MR) is 183 cm³/mol. The van der Waals surface area contributed by atoms with E-state index in [1.807, 2.05) is 69.6 Å². The zero-order valence-corrected chi connectivity index (χ0v) is 27.0. The van der Waals surface area contributed by atoms with E-state index in [0.717, 1.165) is 72.1 Å². The number of carbonyl (C=O) groups excluding carboxylic acids is 3. The number of anilines is 2. The summed E-state index contributed by atoms with van der Waals surface area (Å²) in [6.45, 7) is 2.06. The maximum atomic E-state index is 13.3. The average molecular weight is 618 g/mol. The van der Waals surface area contributed by atoms with Crippen molar-refractivity contribution >= 4 is 40.4 Å². The number of nitrogens with one attached hydrogen (secondary N) is 2. The molecule has 4 aromatic rings. The third-order valence-corrected chi connectivity index (χ3v) is 10.1. The Morgan fingerprint density at radius 1 is 0.957 bits per heavy atom. The molecule has 6 rings (SSSR count). The molecule has 1 amide bonds. The smallest absolute Gasteiger partial charge is 0.251 e. The lowest BCUT2D eigenvalue weighted by atomic mass is 9.53. The topological polar surface area (TPSA) is 104 Å². The van der Waals surface area contributed by atoms with Crippen molar-refractivity contribution in [2.75, 3.05) is 30.9 Å². The number of para-hydroxylation sites is 1. The summed E-state index contributed by atoms with van der Waals surface area (Å²) < 4.78 is 0. The van der Waals surface area contributed by atoms with Gasteiger partial charge in [0.05, 0.1) is 18.0 Å².